The van der Waals surface area contributed by atoms with Crippen LogP contribution in [0.2, 0.25) is 0 Å². The van der Waals surface area contributed by atoms with E-state index in [1.807, 2.05) is 0 Å². The number of rotatable bonds is 6. The minimum absolute atomic E-state index is 0.0533. The van der Waals surface area contributed by atoms with E-state index in [0.29, 0.717) is 31.1 Å². The minimum atomic E-state index is 0.0533. The van der Waals surface area contributed by atoms with Crippen LogP contribution in [0.4, 0.5) is 11.4 Å². The number of carbonyl (C=O) groups is 1. The lowest BCUT2D eigenvalue weighted by Gasteiger charge is -2.29. The van der Waals surface area contributed by atoms with Crippen molar-refractivity contribution in [1.82, 2.24) is 19.7 Å². The second-order valence-corrected chi connectivity index (χ2v) is 7.24. The number of anilines is 2. The molecule has 1 N–H and O–H groups in total. The highest BCUT2D eigenvalue weighted by atomic mass is 16.5. The number of hydrogen-bond donors (Lipinski definition) is 1. The zero-order chi connectivity index (χ0) is 18.5. The van der Waals surface area contributed by atoms with Crippen molar-refractivity contribution in [2.24, 2.45) is 5.92 Å². The van der Waals surface area contributed by atoms with Gasteiger partial charge in [0.05, 0.1) is 37.5 Å². The lowest BCUT2D eigenvalue weighted by atomic mass is 10.0. The lowest BCUT2D eigenvalue weighted by Crippen LogP contribution is -2.37. The van der Waals surface area contributed by atoms with Crippen molar-refractivity contribution in [3.63, 3.8) is 0 Å². The third-order valence-corrected chi connectivity index (χ3v) is 5.36. The number of carbonyl (C=O) groups excluding carboxylic acids is 1. The van der Waals surface area contributed by atoms with Gasteiger partial charge in [0, 0.05) is 19.5 Å². The van der Waals surface area contributed by atoms with Crippen molar-refractivity contribution in [3.05, 3.63) is 24.9 Å². The number of amides is 1. The fraction of sp³-hybridized carbons (Fsp3) is 0.579. The van der Waals surface area contributed by atoms with Crippen LogP contribution in [-0.4, -0.2) is 52.0 Å². The second kappa shape index (κ2) is 8.47. The van der Waals surface area contributed by atoms with Crippen LogP contribution in [0.3, 0.4) is 0 Å². The van der Waals surface area contributed by atoms with Crippen LogP contribution in [0.15, 0.2) is 24.9 Å². The molecule has 0 radical (unpaired) electrons. The molecule has 0 aromatic carbocycles. The first-order valence-electron chi connectivity index (χ1n) is 9.77. The summed E-state index contributed by atoms with van der Waals surface area (Å²) >= 11 is 0. The van der Waals surface area contributed by atoms with Crippen molar-refractivity contribution < 1.29 is 9.53 Å². The molecule has 1 aliphatic carbocycles. The smallest absolute Gasteiger partial charge is 0.224 e. The monoisotopic (exact) mass is 370 g/mol. The van der Waals surface area contributed by atoms with E-state index in [2.05, 4.69) is 25.3 Å². The fourth-order valence-corrected chi connectivity index (χ4v) is 3.88. The minimum Gasteiger partial charge on any atom is -0.378 e. The van der Waals surface area contributed by atoms with E-state index in [0.717, 1.165) is 31.1 Å². The Morgan fingerprint density at radius 3 is 2.85 bits per heavy atom. The summed E-state index contributed by atoms with van der Waals surface area (Å²) in [7, 11) is 0. The topological polar surface area (TPSA) is 85.2 Å². The molecule has 8 heteroatoms. The summed E-state index contributed by atoms with van der Waals surface area (Å²) in [4.78, 5) is 23.0. The molecule has 4 rings (SSSR count). The average Bonchev–Trinajstić information content (AvgIpc) is 3.39. The van der Waals surface area contributed by atoms with Gasteiger partial charge in [-0.1, -0.05) is 25.7 Å². The molecule has 2 aromatic rings. The second-order valence-electron chi connectivity index (χ2n) is 7.24. The summed E-state index contributed by atoms with van der Waals surface area (Å²) < 4.78 is 7.12. The number of nitrogens with one attached hydrogen (secondary N) is 1. The first kappa shape index (κ1) is 17.9. The molecule has 0 bridgehead atoms. The van der Waals surface area contributed by atoms with Gasteiger partial charge in [0.15, 0.2) is 5.82 Å². The van der Waals surface area contributed by atoms with Crippen LogP contribution < -0.4 is 10.2 Å². The zero-order valence-corrected chi connectivity index (χ0v) is 15.5. The van der Waals surface area contributed by atoms with Gasteiger partial charge in [-0.15, -0.1) is 0 Å². The van der Waals surface area contributed by atoms with Crippen molar-refractivity contribution in [1.29, 1.82) is 0 Å². The standard InChI is InChI=1S/C19H26N6O2/c26-18(6-5-15-3-1-2-4-15)23-16-11-22-25(13-16)19-17(12-20-14-21-19)24-7-9-27-10-8-24/h11-15H,1-10H2,(H,23,26). The van der Waals surface area contributed by atoms with Gasteiger partial charge in [-0.05, 0) is 12.3 Å². The van der Waals surface area contributed by atoms with Gasteiger partial charge in [0.1, 0.15) is 12.0 Å². The summed E-state index contributed by atoms with van der Waals surface area (Å²) in [5, 5.41) is 7.34. The van der Waals surface area contributed by atoms with E-state index in [1.165, 1.54) is 32.0 Å². The molecule has 2 fully saturated rings. The van der Waals surface area contributed by atoms with Crippen molar-refractivity contribution in [3.8, 4) is 5.82 Å². The molecule has 1 aliphatic heterocycles. The van der Waals surface area contributed by atoms with Gasteiger partial charge in [-0.25, -0.2) is 14.6 Å². The van der Waals surface area contributed by atoms with Crippen molar-refractivity contribution in [2.45, 2.75) is 38.5 Å². The molecule has 0 atom stereocenters. The molecule has 0 spiro atoms. The normalized spacial score (nSPS) is 18.0. The molecule has 27 heavy (non-hydrogen) atoms. The first-order chi connectivity index (χ1) is 13.3. The summed E-state index contributed by atoms with van der Waals surface area (Å²) in [5.74, 6) is 1.48. The molecular formula is C19H26N6O2. The zero-order valence-electron chi connectivity index (χ0n) is 15.5. The molecule has 0 unspecified atom stereocenters. The highest BCUT2D eigenvalue weighted by molar-refractivity contribution is 5.90. The number of nitrogens with zero attached hydrogens (tertiary/aromatic N) is 5. The molecule has 2 aliphatic rings. The Morgan fingerprint density at radius 1 is 1.22 bits per heavy atom. The van der Waals surface area contributed by atoms with Crippen LogP contribution in [0, 0.1) is 5.92 Å². The van der Waals surface area contributed by atoms with Crippen LogP contribution in [-0.2, 0) is 9.53 Å². The Morgan fingerprint density at radius 2 is 2.04 bits per heavy atom. The Labute approximate surface area is 158 Å². The van der Waals surface area contributed by atoms with Gasteiger partial charge in [-0.2, -0.15) is 5.10 Å². The maximum Gasteiger partial charge on any atom is 0.224 e. The molecule has 2 aromatic heterocycles. The van der Waals surface area contributed by atoms with Gasteiger partial charge >= 0.3 is 0 Å². The lowest BCUT2D eigenvalue weighted by molar-refractivity contribution is -0.116. The van der Waals surface area contributed by atoms with Crippen LogP contribution in [0.5, 0.6) is 0 Å². The molecular weight excluding hydrogens is 344 g/mol. The molecule has 1 saturated heterocycles. The Bertz CT molecular complexity index is 765. The number of ether oxygens (including phenoxy) is 1. The predicted molar refractivity (Wildman–Crippen MR) is 102 cm³/mol. The highest BCUT2D eigenvalue weighted by Crippen LogP contribution is 2.28. The van der Waals surface area contributed by atoms with Gasteiger partial charge in [0.25, 0.3) is 0 Å². The highest BCUT2D eigenvalue weighted by Gasteiger charge is 2.19. The van der Waals surface area contributed by atoms with E-state index in [9.17, 15) is 4.79 Å². The van der Waals surface area contributed by atoms with Crippen LogP contribution in [0.1, 0.15) is 38.5 Å². The SMILES string of the molecule is O=C(CCC1CCCC1)Nc1cnn(-c2ncncc2N2CCOCC2)c1. The maximum absolute atomic E-state index is 12.2. The molecule has 144 valence electrons. The van der Waals surface area contributed by atoms with E-state index in [4.69, 9.17) is 4.74 Å². The summed E-state index contributed by atoms with van der Waals surface area (Å²) in [6.07, 6.45) is 13.5. The van der Waals surface area contributed by atoms with E-state index in [1.54, 1.807) is 23.3 Å². The van der Waals surface area contributed by atoms with Gasteiger partial charge < -0.3 is 15.0 Å². The summed E-state index contributed by atoms with van der Waals surface area (Å²) in [6, 6.07) is 0. The third-order valence-electron chi connectivity index (χ3n) is 5.36. The summed E-state index contributed by atoms with van der Waals surface area (Å²) in [6.45, 7) is 2.98. The average molecular weight is 370 g/mol. The quantitative estimate of drug-likeness (QED) is 0.840. The number of hydrogen-bond acceptors (Lipinski definition) is 6. The van der Waals surface area contributed by atoms with E-state index >= 15 is 0 Å². The van der Waals surface area contributed by atoms with Crippen molar-refractivity contribution >= 4 is 17.3 Å². The van der Waals surface area contributed by atoms with Crippen molar-refractivity contribution in [2.75, 3.05) is 36.5 Å². The maximum atomic E-state index is 12.2. The van der Waals surface area contributed by atoms with Gasteiger partial charge in [0.2, 0.25) is 5.91 Å². The Balaban J connectivity index is 1.41. The third kappa shape index (κ3) is 4.44. The first-order valence-corrected chi connectivity index (χ1v) is 9.77. The fourth-order valence-electron chi connectivity index (χ4n) is 3.88. The Kier molecular flexibility index (Phi) is 5.62. The molecule has 3 heterocycles. The molecule has 1 saturated carbocycles. The van der Waals surface area contributed by atoms with E-state index < -0.39 is 0 Å². The Hall–Kier alpha value is -2.48. The van der Waals surface area contributed by atoms with Crippen LogP contribution >= 0.6 is 0 Å². The largest absolute Gasteiger partial charge is 0.378 e. The molecule has 1 amide bonds. The van der Waals surface area contributed by atoms with E-state index in [-0.39, 0.29) is 5.91 Å². The predicted octanol–water partition coefficient (Wildman–Crippen LogP) is 2.41. The summed E-state index contributed by atoms with van der Waals surface area (Å²) in [5.41, 5.74) is 1.61. The van der Waals surface area contributed by atoms with Gasteiger partial charge in [-0.3, -0.25) is 4.79 Å². The molecule has 8 nitrogen and oxygen atoms in total. The number of morpholine rings is 1. The van der Waals surface area contributed by atoms with Crippen LogP contribution in [0.25, 0.3) is 5.82 Å². The number of aromatic nitrogens is 4.